The van der Waals surface area contributed by atoms with Crippen LogP contribution in [0, 0.1) is 25.0 Å². The lowest BCUT2D eigenvalue weighted by Crippen LogP contribution is -2.59. The fourth-order valence-corrected chi connectivity index (χ4v) is 5.61. The van der Waals surface area contributed by atoms with Crippen LogP contribution in [0.15, 0.2) is 54.6 Å². The van der Waals surface area contributed by atoms with Crippen LogP contribution in [-0.2, 0) is 16.1 Å². The monoisotopic (exact) mass is 574 g/mol. The van der Waals surface area contributed by atoms with Crippen molar-refractivity contribution in [2.45, 2.75) is 71.8 Å². The van der Waals surface area contributed by atoms with Crippen LogP contribution in [0.4, 0.5) is 4.79 Å². The third-order valence-electron chi connectivity index (χ3n) is 8.29. The first kappa shape index (κ1) is 30.8. The minimum absolute atomic E-state index is 0.275. The largest absolute Gasteiger partial charge is 0.711 e. The molecule has 42 heavy (non-hydrogen) atoms. The number of carbonyl (C=O) groups is 3. The minimum Gasteiger partial charge on any atom is -0.711 e. The van der Waals surface area contributed by atoms with Gasteiger partial charge in [0.05, 0.1) is 6.61 Å². The summed E-state index contributed by atoms with van der Waals surface area (Å²) < 4.78 is 8.67. The Balaban J connectivity index is 1.72. The molecule has 2 aromatic carbocycles. The molecule has 1 saturated heterocycles. The van der Waals surface area contributed by atoms with Crippen molar-refractivity contribution in [2.24, 2.45) is 5.92 Å². The molecule has 1 fully saturated rings. The van der Waals surface area contributed by atoms with Crippen molar-refractivity contribution in [3.05, 3.63) is 88.1 Å². The number of barbiturate groups is 1. The lowest BCUT2D eigenvalue weighted by atomic mass is 9.82. The molecule has 0 bridgehead atoms. The van der Waals surface area contributed by atoms with Crippen molar-refractivity contribution in [1.29, 1.82) is 0 Å². The van der Waals surface area contributed by atoms with Gasteiger partial charge in [-0.1, -0.05) is 81.5 Å². The van der Waals surface area contributed by atoms with Gasteiger partial charge in [-0.3, -0.25) is 19.4 Å². The molecule has 1 aromatic heterocycles. The van der Waals surface area contributed by atoms with Crippen molar-refractivity contribution in [2.75, 3.05) is 20.7 Å². The van der Waals surface area contributed by atoms with Crippen LogP contribution >= 0.6 is 0 Å². The number of benzene rings is 2. The number of urea groups is 1. The molecule has 1 aliphatic rings. The summed E-state index contributed by atoms with van der Waals surface area (Å²) in [6.45, 7) is 6.78. The van der Waals surface area contributed by atoms with E-state index in [0.717, 1.165) is 38.6 Å². The molecule has 0 spiro atoms. The second kappa shape index (κ2) is 13.7. The maximum atomic E-state index is 13.8. The fraction of sp³-hybridized carbons (Fsp3) is 0.455. The van der Waals surface area contributed by atoms with E-state index in [-0.39, 0.29) is 5.82 Å². The van der Waals surface area contributed by atoms with Gasteiger partial charge in [-0.2, -0.15) is 0 Å². The maximum Gasteiger partial charge on any atom is 0.332 e. The number of hydrogen-bond donors (Lipinski definition) is 0. The lowest BCUT2D eigenvalue weighted by Gasteiger charge is -2.36. The smallest absolute Gasteiger partial charge is 0.332 e. The molecule has 1 atom stereocenters. The number of hydrogen-bond acceptors (Lipinski definition) is 5. The number of rotatable bonds is 13. The third-order valence-corrected chi connectivity index (χ3v) is 8.29. The number of imide groups is 2. The lowest BCUT2D eigenvalue weighted by molar-refractivity contribution is -0.621. The summed E-state index contributed by atoms with van der Waals surface area (Å²) in [7, 11) is 2.73. The molecule has 0 N–H and O–H groups in total. The summed E-state index contributed by atoms with van der Waals surface area (Å²) in [5.41, 5.74) is 2.81. The Morgan fingerprint density at radius 3 is 2.07 bits per heavy atom. The zero-order chi connectivity index (χ0) is 30.4. The Kier molecular flexibility index (Phi) is 10.0. The topological polar surface area (TPSA) is 98.8 Å². The molecule has 224 valence electrons. The van der Waals surface area contributed by atoms with Crippen LogP contribution in [0.25, 0.3) is 0 Å². The molecule has 2 heterocycles. The molecule has 0 aliphatic carbocycles. The van der Waals surface area contributed by atoms with E-state index < -0.39 is 29.7 Å². The second-order valence-electron chi connectivity index (χ2n) is 11.1. The highest BCUT2D eigenvalue weighted by Gasteiger charge is 2.51. The number of ether oxygens (including phenoxy) is 1. The summed E-state index contributed by atoms with van der Waals surface area (Å²) in [6, 6.07) is 16.3. The van der Waals surface area contributed by atoms with Crippen molar-refractivity contribution in [3.63, 3.8) is 0 Å². The van der Waals surface area contributed by atoms with E-state index in [9.17, 15) is 19.6 Å². The van der Waals surface area contributed by atoms with Crippen molar-refractivity contribution >= 4 is 17.8 Å². The number of aromatic nitrogens is 2. The molecule has 4 amide bonds. The van der Waals surface area contributed by atoms with Crippen molar-refractivity contribution in [3.8, 4) is 5.75 Å². The number of amides is 4. The van der Waals surface area contributed by atoms with E-state index in [1.807, 2.05) is 66.1 Å². The SMILES string of the molecule is CCCCCCCCOc1ccc([C@H](c2n(Cc3ccccc3)c(C)c(C)[n+]2[O-])C2C(=O)N(C)C(=O)N(C)C2=O)cc1. The Morgan fingerprint density at radius 1 is 0.857 bits per heavy atom. The first-order valence-corrected chi connectivity index (χ1v) is 14.8. The van der Waals surface area contributed by atoms with E-state index in [0.29, 0.717) is 30.2 Å². The number of imidazole rings is 1. The highest BCUT2D eigenvalue weighted by Crippen LogP contribution is 2.37. The van der Waals surface area contributed by atoms with Gasteiger partial charge in [0.2, 0.25) is 11.8 Å². The van der Waals surface area contributed by atoms with Crippen LogP contribution in [0.2, 0.25) is 0 Å². The predicted molar refractivity (Wildman–Crippen MR) is 160 cm³/mol. The van der Waals surface area contributed by atoms with Crippen LogP contribution in [-0.4, -0.2) is 52.9 Å². The number of carbonyl (C=O) groups excluding carboxylic acids is 3. The van der Waals surface area contributed by atoms with Gasteiger partial charge >= 0.3 is 6.03 Å². The zero-order valence-electron chi connectivity index (χ0n) is 25.3. The van der Waals surface area contributed by atoms with Gasteiger partial charge in [-0.25, -0.2) is 14.1 Å². The van der Waals surface area contributed by atoms with Crippen molar-refractivity contribution in [1.82, 2.24) is 14.4 Å². The summed E-state index contributed by atoms with van der Waals surface area (Å²) in [5.74, 6) is -2.56. The van der Waals surface area contributed by atoms with Gasteiger partial charge in [0.25, 0.3) is 5.82 Å². The van der Waals surface area contributed by atoms with Crippen LogP contribution in [0.3, 0.4) is 0 Å². The fourth-order valence-electron chi connectivity index (χ4n) is 5.61. The average molecular weight is 575 g/mol. The van der Waals surface area contributed by atoms with Crippen molar-refractivity contribution < 1.29 is 23.9 Å². The molecule has 0 unspecified atom stereocenters. The zero-order valence-corrected chi connectivity index (χ0v) is 25.3. The van der Waals surface area contributed by atoms with Gasteiger partial charge in [0.15, 0.2) is 0 Å². The molecule has 4 rings (SSSR count). The molecule has 0 saturated carbocycles. The second-order valence-corrected chi connectivity index (χ2v) is 11.1. The van der Waals surface area contributed by atoms with Crippen LogP contribution in [0.5, 0.6) is 5.75 Å². The van der Waals surface area contributed by atoms with Gasteiger partial charge in [-0.05, 0) is 29.7 Å². The number of unbranched alkanes of at least 4 members (excludes halogenated alkanes) is 5. The summed E-state index contributed by atoms with van der Waals surface area (Å²) in [4.78, 5) is 41.7. The van der Waals surface area contributed by atoms with E-state index in [1.165, 1.54) is 39.8 Å². The molecule has 9 heteroatoms. The minimum atomic E-state index is -1.30. The predicted octanol–water partition coefficient (Wildman–Crippen LogP) is 5.32. The molecule has 0 radical (unpaired) electrons. The Bertz CT molecular complexity index is 1380. The van der Waals surface area contributed by atoms with E-state index in [2.05, 4.69) is 6.92 Å². The summed E-state index contributed by atoms with van der Waals surface area (Å²) in [5, 5.41) is 13.8. The molecule has 3 aromatic rings. The molecule has 1 aliphatic heterocycles. The Labute approximate surface area is 248 Å². The van der Waals surface area contributed by atoms with Gasteiger partial charge in [0.1, 0.15) is 35.5 Å². The van der Waals surface area contributed by atoms with Gasteiger partial charge in [0, 0.05) is 27.9 Å². The first-order chi connectivity index (χ1) is 20.2. The summed E-state index contributed by atoms with van der Waals surface area (Å²) >= 11 is 0. The Hall–Kier alpha value is -4.14. The number of nitrogens with zero attached hydrogens (tertiary/aromatic N) is 4. The first-order valence-electron chi connectivity index (χ1n) is 14.8. The van der Waals surface area contributed by atoms with Gasteiger partial charge in [-0.15, -0.1) is 0 Å². The molecular weight excluding hydrogens is 532 g/mol. The normalized spacial score (nSPS) is 15.0. The van der Waals surface area contributed by atoms with Crippen LogP contribution in [0.1, 0.15) is 79.7 Å². The van der Waals surface area contributed by atoms with Crippen LogP contribution < -0.4 is 9.47 Å². The Morgan fingerprint density at radius 2 is 1.45 bits per heavy atom. The quantitative estimate of drug-likeness (QED) is 0.119. The molecule has 9 nitrogen and oxygen atoms in total. The van der Waals surface area contributed by atoms with E-state index in [4.69, 9.17) is 4.74 Å². The maximum absolute atomic E-state index is 13.8. The average Bonchev–Trinajstić information content (AvgIpc) is 3.20. The van der Waals surface area contributed by atoms with Gasteiger partial charge < -0.3 is 9.94 Å². The third kappa shape index (κ3) is 6.35. The van der Waals surface area contributed by atoms with E-state index >= 15 is 0 Å². The standard InChI is InChI=1S/C33H42N4O5/c1-6-7-8-9-10-14-21-42-27-19-17-26(18-20-27)28(29-31(38)34(4)33(40)35(5)32(29)39)30-36(23(2)24(3)37(30)41)22-25-15-12-11-13-16-25/h11-13,15-20,28-29H,6-10,14,21-22H2,1-5H3/t28-/m0/s1. The highest BCUT2D eigenvalue weighted by atomic mass is 16.5. The van der Waals surface area contributed by atoms with E-state index in [1.54, 1.807) is 6.92 Å². The summed E-state index contributed by atoms with van der Waals surface area (Å²) in [6.07, 6.45) is 6.99. The highest BCUT2D eigenvalue weighted by molar-refractivity contribution is 6.16. The molecular formula is C33H42N4O5.